The molecule has 25 heavy (non-hydrogen) atoms. The van der Waals surface area contributed by atoms with Crippen LogP contribution >= 0.6 is 0 Å². The topological polar surface area (TPSA) is 79.0 Å². The summed E-state index contributed by atoms with van der Waals surface area (Å²) in [6.07, 6.45) is -5.03. The van der Waals surface area contributed by atoms with E-state index in [0.717, 1.165) is 17.0 Å². The van der Waals surface area contributed by atoms with Crippen molar-refractivity contribution >= 4 is 17.8 Å². The van der Waals surface area contributed by atoms with E-state index in [2.05, 4.69) is 10.1 Å². The molecule has 1 unspecified atom stereocenters. The Hall–Kier alpha value is -2.78. The molecule has 1 saturated heterocycles. The summed E-state index contributed by atoms with van der Waals surface area (Å²) >= 11 is 0. The van der Waals surface area contributed by atoms with E-state index in [1.807, 2.05) is 0 Å². The van der Waals surface area contributed by atoms with Gasteiger partial charge in [0.1, 0.15) is 11.8 Å². The predicted molar refractivity (Wildman–Crippen MR) is 79.3 cm³/mol. The molecule has 0 aliphatic carbocycles. The molecule has 136 valence electrons. The van der Waals surface area contributed by atoms with Crippen molar-refractivity contribution in [3.8, 4) is 5.75 Å². The number of rotatable bonds is 5. The predicted octanol–water partition coefficient (Wildman–Crippen LogP) is 1.48. The van der Waals surface area contributed by atoms with Gasteiger partial charge in [-0.1, -0.05) is 12.1 Å². The van der Waals surface area contributed by atoms with Gasteiger partial charge in [-0.15, -0.1) is 13.2 Å². The highest BCUT2D eigenvalue weighted by atomic mass is 19.4. The fraction of sp³-hybridized carbons (Fsp3) is 0.400. The highest BCUT2D eigenvalue weighted by molar-refractivity contribution is 6.05. The van der Waals surface area contributed by atoms with Crippen molar-refractivity contribution in [3.63, 3.8) is 0 Å². The Morgan fingerprint density at radius 1 is 1.28 bits per heavy atom. The SMILES string of the molecule is CN1C(=O)C(CC(=O)NCc2cccc(OC(F)(F)F)c2)N(C)C1=O. The van der Waals surface area contributed by atoms with Crippen LogP contribution in [0.2, 0.25) is 0 Å². The van der Waals surface area contributed by atoms with Crippen LogP contribution in [-0.4, -0.2) is 54.1 Å². The van der Waals surface area contributed by atoms with E-state index >= 15 is 0 Å². The summed E-state index contributed by atoms with van der Waals surface area (Å²) in [5, 5.41) is 2.50. The number of hydrogen-bond acceptors (Lipinski definition) is 4. The number of amides is 4. The third kappa shape index (κ3) is 4.61. The van der Waals surface area contributed by atoms with E-state index < -0.39 is 36.0 Å². The average Bonchev–Trinajstić information content (AvgIpc) is 2.70. The number of halogens is 3. The van der Waals surface area contributed by atoms with Gasteiger partial charge in [-0.3, -0.25) is 14.5 Å². The number of carbonyl (C=O) groups is 3. The molecule has 1 aliphatic heterocycles. The number of nitrogens with zero attached hydrogens (tertiary/aromatic N) is 2. The smallest absolute Gasteiger partial charge is 0.406 e. The van der Waals surface area contributed by atoms with Crippen LogP contribution in [0.5, 0.6) is 5.75 Å². The number of likely N-dealkylation sites (N-methyl/N-ethyl adjacent to an activating group) is 2. The highest BCUT2D eigenvalue weighted by Crippen LogP contribution is 2.23. The van der Waals surface area contributed by atoms with Crippen molar-refractivity contribution in [2.45, 2.75) is 25.4 Å². The number of alkyl halides is 3. The molecular weight excluding hydrogens is 343 g/mol. The quantitative estimate of drug-likeness (QED) is 0.808. The Kier molecular flexibility index (Phi) is 5.19. The van der Waals surface area contributed by atoms with Crippen molar-refractivity contribution < 1.29 is 32.3 Å². The first-order valence-electron chi connectivity index (χ1n) is 7.24. The fourth-order valence-corrected chi connectivity index (χ4v) is 2.38. The lowest BCUT2D eigenvalue weighted by molar-refractivity contribution is -0.274. The van der Waals surface area contributed by atoms with E-state index in [1.54, 1.807) is 0 Å². The Morgan fingerprint density at radius 2 is 1.96 bits per heavy atom. The maximum Gasteiger partial charge on any atom is 0.573 e. The molecule has 0 bridgehead atoms. The number of nitrogens with one attached hydrogen (secondary N) is 1. The summed E-state index contributed by atoms with van der Waals surface area (Å²) in [5.41, 5.74) is 0.398. The van der Waals surface area contributed by atoms with Crippen LogP contribution in [0, 0.1) is 0 Å². The Morgan fingerprint density at radius 3 is 2.52 bits per heavy atom. The maximum atomic E-state index is 12.2. The van der Waals surface area contributed by atoms with E-state index in [4.69, 9.17) is 0 Å². The number of urea groups is 1. The fourth-order valence-electron chi connectivity index (χ4n) is 2.38. The van der Waals surface area contributed by atoms with Gasteiger partial charge in [0.2, 0.25) is 5.91 Å². The zero-order valence-electron chi connectivity index (χ0n) is 13.5. The van der Waals surface area contributed by atoms with Gasteiger partial charge in [0, 0.05) is 20.6 Å². The van der Waals surface area contributed by atoms with Crippen LogP contribution in [0.15, 0.2) is 24.3 Å². The summed E-state index contributed by atoms with van der Waals surface area (Å²) in [4.78, 5) is 37.6. The lowest BCUT2D eigenvalue weighted by atomic mass is 10.1. The molecule has 0 saturated carbocycles. The van der Waals surface area contributed by atoms with Gasteiger partial charge in [-0.05, 0) is 17.7 Å². The number of hydrogen-bond donors (Lipinski definition) is 1. The first-order chi connectivity index (χ1) is 11.6. The lowest BCUT2D eigenvalue weighted by Gasteiger charge is -2.16. The molecule has 1 aliphatic rings. The third-order valence-electron chi connectivity index (χ3n) is 3.67. The number of imide groups is 1. The van der Waals surface area contributed by atoms with Crippen LogP contribution in [0.25, 0.3) is 0 Å². The third-order valence-corrected chi connectivity index (χ3v) is 3.67. The average molecular weight is 359 g/mol. The second kappa shape index (κ2) is 6.99. The Balaban J connectivity index is 1.91. The zero-order valence-corrected chi connectivity index (χ0v) is 13.5. The van der Waals surface area contributed by atoms with E-state index in [-0.39, 0.29) is 13.0 Å². The normalized spacial score (nSPS) is 17.9. The molecule has 1 heterocycles. The second-order valence-corrected chi connectivity index (χ2v) is 5.48. The minimum Gasteiger partial charge on any atom is -0.406 e. The summed E-state index contributed by atoms with van der Waals surface area (Å²) in [6.45, 7) is -0.0394. The van der Waals surface area contributed by atoms with Gasteiger partial charge in [0.25, 0.3) is 5.91 Å². The van der Waals surface area contributed by atoms with Crippen LogP contribution < -0.4 is 10.1 Å². The monoisotopic (exact) mass is 359 g/mol. The molecule has 2 rings (SSSR count). The molecule has 1 aromatic carbocycles. The van der Waals surface area contributed by atoms with Gasteiger partial charge in [-0.2, -0.15) is 0 Å². The summed E-state index contributed by atoms with van der Waals surface area (Å²) < 4.78 is 40.4. The zero-order chi connectivity index (χ0) is 18.8. The molecular formula is C15H16F3N3O4. The minimum absolute atomic E-state index is 0.0394. The standard InChI is InChI=1S/C15H16F3N3O4/c1-20-11(13(23)21(2)14(20)24)7-12(22)19-8-9-4-3-5-10(6-9)25-15(16,17)18/h3-6,11H,7-8H2,1-2H3,(H,19,22). The molecule has 0 spiro atoms. The van der Waals surface area contributed by atoms with E-state index in [1.165, 1.54) is 31.1 Å². The van der Waals surface area contributed by atoms with Crippen LogP contribution in [0.4, 0.5) is 18.0 Å². The first-order valence-corrected chi connectivity index (χ1v) is 7.24. The highest BCUT2D eigenvalue weighted by Gasteiger charge is 2.41. The number of ether oxygens (including phenoxy) is 1. The van der Waals surface area contributed by atoms with Crippen LogP contribution in [-0.2, 0) is 16.1 Å². The van der Waals surface area contributed by atoms with Crippen molar-refractivity contribution in [2.75, 3.05) is 14.1 Å². The molecule has 0 radical (unpaired) electrons. The molecule has 1 atom stereocenters. The summed E-state index contributed by atoms with van der Waals surface area (Å²) in [7, 11) is 2.74. The second-order valence-electron chi connectivity index (χ2n) is 5.48. The van der Waals surface area contributed by atoms with Gasteiger partial charge in [0.05, 0.1) is 6.42 Å². The van der Waals surface area contributed by atoms with Crippen molar-refractivity contribution in [3.05, 3.63) is 29.8 Å². The van der Waals surface area contributed by atoms with Crippen molar-refractivity contribution in [1.29, 1.82) is 0 Å². The maximum absolute atomic E-state index is 12.2. The Labute approximate surface area is 141 Å². The van der Waals surface area contributed by atoms with Gasteiger partial charge < -0.3 is 15.0 Å². The van der Waals surface area contributed by atoms with Crippen molar-refractivity contribution in [1.82, 2.24) is 15.1 Å². The van der Waals surface area contributed by atoms with Crippen LogP contribution in [0.1, 0.15) is 12.0 Å². The molecule has 4 amide bonds. The van der Waals surface area contributed by atoms with Crippen LogP contribution in [0.3, 0.4) is 0 Å². The van der Waals surface area contributed by atoms with E-state index in [9.17, 15) is 27.6 Å². The number of benzene rings is 1. The molecule has 10 heteroatoms. The molecule has 1 fully saturated rings. The molecule has 7 nitrogen and oxygen atoms in total. The van der Waals surface area contributed by atoms with Crippen molar-refractivity contribution in [2.24, 2.45) is 0 Å². The number of carbonyl (C=O) groups excluding carboxylic acids is 3. The summed E-state index contributed by atoms with van der Waals surface area (Å²) in [6, 6.07) is 3.79. The van der Waals surface area contributed by atoms with Gasteiger partial charge in [0.15, 0.2) is 0 Å². The molecule has 1 N–H and O–H groups in total. The Bertz CT molecular complexity index is 693. The lowest BCUT2D eigenvalue weighted by Crippen LogP contribution is -2.37. The van der Waals surface area contributed by atoms with Gasteiger partial charge >= 0.3 is 12.4 Å². The molecule has 0 aromatic heterocycles. The molecule has 1 aromatic rings. The largest absolute Gasteiger partial charge is 0.573 e. The van der Waals surface area contributed by atoms with Gasteiger partial charge in [-0.25, -0.2) is 4.79 Å². The summed E-state index contributed by atoms with van der Waals surface area (Å²) in [5.74, 6) is -1.38. The first kappa shape index (κ1) is 18.6. The van der Waals surface area contributed by atoms with E-state index in [0.29, 0.717) is 5.56 Å². The minimum atomic E-state index is -4.80.